The fourth-order valence-corrected chi connectivity index (χ4v) is 2.17. The number of anilines is 2. The van der Waals surface area contributed by atoms with Gasteiger partial charge in [-0.1, -0.05) is 0 Å². The average Bonchev–Trinajstić information content (AvgIpc) is 2.48. The Hall–Kier alpha value is -2.26. The van der Waals surface area contributed by atoms with Gasteiger partial charge in [0.15, 0.2) is 6.10 Å². The normalized spacial score (nSPS) is 18.4. The van der Waals surface area contributed by atoms with E-state index in [-0.39, 0.29) is 5.91 Å². The van der Waals surface area contributed by atoms with Crippen LogP contribution >= 0.6 is 0 Å². The molecular weight excluding hydrogens is 256 g/mol. The van der Waals surface area contributed by atoms with Gasteiger partial charge >= 0.3 is 0 Å². The zero-order valence-corrected chi connectivity index (χ0v) is 11.4. The Bertz CT molecular complexity index is 538. The molecule has 1 aliphatic heterocycles. The molecule has 1 fully saturated rings. The molecule has 0 saturated carbocycles. The predicted molar refractivity (Wildman–Crippen MR) is 76.4 cm³/mol. The van der Waals surface area contributed by atoms with Crippen molar-refractivity contribution in [3.05, 3.63) is 23.8 Å². The summed E-state index contributed by atoms with van der Waals surface area (Å²) in [5.74, 6) is -0.126. The number of benzene rings is 1. The average molecular weight is 274 g/mol. The van der Waals surface area contributed by atoms with E-state index in [0.29, 0.717) is 37.5 Å². The lowest BCUT2D eigenvalue weighted by atomic mass is 10.1. The largest absolute Gasteiger partial charge is 0.397 e. The first kappa shape index (κ1) is 14.2. The number of amides is 1. The summed E-state index contributed by atoms with van der Waals surface area (Å²) in [5.41, 5.74) is 7.92. The Balaban J connectivity index is 2.24. The second-order valence-electron chi connectivity index (χ2n) is 4.57. The molecule has 1 amide bonds. The van der Waals surface area contributed by atoms with Crippen LogP contribution in [0.25, 0.3) is 0 Å². The number of rotatable bonds is 3. The van der Waals surface area contributed by atoms with E-state index < -0.39 is 6.10 Å². The van der Waals surface area contributed by atoms with E-state index in [4.69, 9.17) is 15.7 Å². The molecule has 1 aromatic carbocycles. The molecule has 1 heterocycles. The van der Waals surface area contributed by atoms with E-state index in [9.17, 15) is 4.79 Å². The third-order valence-electron chi connectivity index (χ3n) is 3.18. The lowest BCUT2D eigenvalue weighted by Gasteiger charge is -2.32. The number of hydrogen-bond acceptors (Lipinski definition) is 5. The Kier molecular flexibility index (Phi) is 4.43. The smallest absolute Gasteiger partial charge is 0.251 e. The van der Waals surface area contributed by atoms with Crippen molar-refractivity contribution in [2.24, 2.45) is 0 Å². The SMILES string of the molecule is CCNC(=O)c1ccc(N)c(N2CCOC(C#N)C2)c1. The molecule has 0 bridgehead atoms. The minimum atomic E-state index is -0.462. The molecule has 1 aromatic rings. The molecule has 6 heteroatoms. The number of nitrogens with one attached hydrogen (secondary N) is 1. The molecule has 106 valence electrons. The van der Waals surface area contributed by atoms with Gasteiger partial charge in [0.05, 0.1) is 30.6 Å². The third kappa shape index (κ3) is 3.00. The van der Waals surface area contributed by atoms with Gasteiger partial charge in [0.2, 0.25) is 0 Å². The molecule has 1 saturated heterocycles. The van der Waals surface area contributed by atoms with Crippen LogP contribution in [0.1, 0.15) is 17.3 Å². The topological polar surface area (TPSA) is 91.4 Å². The Labute approximate surface area is 118 Å². The summed E-state index contributed by atoms with van der Waals surface area (Å²) in [5, 5.41) is 11.7. The summed E-state index contributed by atoms with van der Waals surface area (Å²) in [6.45, 7) is 4.03. The van der Waals surface area contributed by atoms with Gasteiger partial charge in [-0.15, -0.1) is 0 Å². The second-order valence-corrected chi connectivity index (χ2v) is 4.57. The molecule has 0 aromatic heterocycles. The van der Waals surface area contributed by atoms with Crippen LogP contribution < -0.4 is 16.0 Å². The lowest BCUT2D eigenvalue weighted by Crippen LogP contribution is -2.42. The molecule has 0 radical (unpaired) electrons. The molecule has 1 unspecified atom stereocenters. The van der Waals surface area contributed by atoms with E-state index in [2.05, 4.69) is 11.4 Å². The van der Waals surface area contributed by atoms with E-state index in [1.165, 1.54) is 0 Å². The molecule has 6 nitrogen and oxygen atoms in total. The minimum absolute atomic E-state index is 0.126. The van der Waals surface area contributed by atoms with Crippen molar-refractivity contribution in [2.45, 2.75) is 13.0 Å². The number of ether oxygens (including phenoxy) is 1. The Morgan fingerprint density at radius 1 is 1.65 bits per heavy atom. The number of carbonyl (C=O) groups excluding carboxylic acids is 1. The number of carbonyl (C=O) groups is 1. The Morgan fingerprint density at radius 2 is 2.45 bits per heavy atom. The van der Waals surface area contributed by atoms with Gasteiger partial charge in [0.1, 0.15) is 0 Å². The number of morpholine rings is 1. The van der Waals surface area contributed by atoms with Crippen LogP contribution in [0.4, 0.5) is 11.4 Å². The maximum absolute atomic E-state index is 11.9. The number of nitrogens with zero attached hydrogens (tertiary/aromatic N) is 2. The zero-order valence-electron chi connectivity index (χ0n) is 11.4. The number of nitrogen functional groups attached to an aromatic ring is 1. The second kappa shape index (κ2) is 6.26. The number of nitrogens with two attached hydrogens (primary N) is 1. The van der Waals surface area contributed by atoms with Gasteiger partial charge in [-0.25, -0.2) is 0 Å². The summed E-state index contributed by atoms with van der Waals surface area (Å²) in [4.78, 5) is 13.8. The molecule has 0 aliphatic carbocycles. The molecule has 3 N–H and O–H groups in total. The predicted octanol–water partition coefficient (Wildman–Crippen LogP) is 0.747. The third-order valence-corrected chi connectivity index (χ3v) is 3.18. The van der Waals surface area contributed by atoms with Crippen LogP contribution in [0.3, 0.4) is 0 Å². The zero-order chi connectivity index (χ0) is 14.5. The molecule has 1 aliphatic rings. The maximum Gasteiger partial charge on any atom is 0.251 e. The molecule has 20 heavy (non-hydrogen) atoms. The highest BCUT2D eigenvalue weighted by Gasteiger charge is 2.22. The van der Waals surface area contributed by atoms with Crippen molar-refractivity contribution in [2.75, 3.05) is 36.9 Å². The summed E-state index contributed by atoms with van der Waals surface area (Å²) in [6, 6.07) is 7.28. The fraction of sp³-hybridized carbons (Fsp3) is 0.429. The van der Waals surface area contributed by atoms with E-state index in [0.717, 1.165) is 5.69 Å². The molecule has 2 rings (SSSR count). The highest BCUT2D eigenvalue weighted by atomic mass is 16.5. The van der Waals surface area contributed by atoms with Crippen LogP contribution in [0.5, 0.6) is 0 Å². The first-order valence-electron chi connectivity index (χ1n) is 6.59. The lowest BCUT2D eigenvalue weighted by molar-refractivity contribution is 0.0765. The van der Waals surface area contributed by atoms with Crippen molar-refractivity contribution in [3.8, 4) is 6.07 Å². The standard InChI is InChI=1S/C14H18N4O2/c1-2-17-14(19)10-3-4-12(16)13(7-10)18-5-6-20-11(8-15)9-18/h3-4,7,11H,2,5-6,9,16H2,1H3,(H,17,19). The Morgan fingerprint density at radius 3 is 3.15 bits per heavy atom. The molecular formula is C14H18N4O2. The van der Waals surface area contributed by atoms with Crippen molar-refractivity contribution in [3.63, 3.8) is 0 Å². The fourth-order valence-electron chi connectivity index (χ4n) is 2.17. The number of nitriles is 1. The maximum atomic E-state index is 11.9. The summed E-state index contributed by atoms with van der Waals surface area (Å²) < 4.78 is 5.31. The summed E-state index contributed by atoms with van der Waals surface area (Å²) in [7, 11) is 0. The highest BCUT2D eigenvalue weighted by molar-refractivity contribution is 5.96. The van der Waals surface area contributed by atoms with Gasteiger partial charge in [-0.3, -0.25) is 4.79 Å². The van der Waals surface area contributed by atoms with Crippen LogP contribution in [0, 0.1) is 11.3 Å². The monoisotopic (exact) mass is 274 g/mol. The van der Waals surface area contributed by atoms with Gasteiger partial charge in [0.25, 0.3) is 5.91 Å². The van der Waals surface area contributed by atoms with Crippen LogP contribution in [-0.2, 0) is 4.74 Å². The van der Waals surface area contributed by atoms with Crippen molar-refractivity contribution in [1.82, 2.24) is 5.32 Å². The molecule has 0 spiro atoms. The quantitative estimate of drug-likeness (QED) is 0.793. The van der Waals surface area contributed by atoms with E-state index in [1.807, 2.05) is 11.8 Å². The molecule has 1 atom stereocenters. The summed E-state index contributed by atoms with van der Waals surface area (Å²) in [6.07, 6.45) is -0.462. The van der Waals surface area contributed by atoms with Gasteiger partial charge in [0, 0.05) is 18.7 Å². The van der Waals surface area contributed by atoms with Crippen molar-refractivity contribution in [1.29, 1.82) is 5.26 Å². The van der Waals surface area contributed by atoms with Gasteiger partial charge < -0.3 is 20.7 Å². The first-order chi connectivity index (χ1) is 9.65. The van der Waals surface area contributed by atoms with Gasteiger partial charge in [-0.2, -0.15) is 5.26 Å². The van der Waals surface area contributed by atoms with Crippen molar-refractivity contribution >= 4 is 17.3 Å². The van der Waals surface area contributed by atoms with Crippen LogP contribution in [0.2, 0.25) is 0 Å². The number of hydrogen-bond donors (Lipinski definition) is 2. The van der Waals surface area contributed by atoms with Crippen LogP contribution in [-0.4, -0.2) is 38.3 Å². The minimum Gasteiger partial charge on any atom is -0.397 e. The van der Waals surface area contributed by atoms with E-state index in [1.54, 1.807) is 18.2 Å². The van der Waals surface area contributed by atoms with E-state index >= 15 is 0 Å². The first-order valence-corrected chi connectivity index (χ1v) is 6.59. The van der Waals surface area contributed by atoms with Crippen LogP contribution in [0.15, 0.2) is 18.2 Å². The van der Waals surface area contributed by atoms with Gasteiger partial charge in [-0.05, 0) is 25.1 Å². The van der Waals surface area contributed by atoms with Crippen molar-refractivity contribution < 1.29 is 9.53 Å². The highest BCUT2D eigenvalue weighted by Crippen LogP contribution is 2.26. The summed E-state index contributed by atoms with van der Waals surface area (Å²) >= 11 is 0.